The molecule has 2 aliphatic rings. The highest BCUT2D eigenvalue weighted by Gasteiger charge is 2.42. The van der Waals surface area contributed by atoms with E-state index in [1.165, 1.54) is 0 Å². The minimum absolute atomic E-state index is 0.389. The molecule has 0 aromatic rings. The van der Waals surface area contributed by atoms with Crippen LogP contribution in [0.2, 0.25) is 0 Å². The van der Waals surface area contributed by atoms with Gasteiger partial charge in [0.15, 0.2) is 0 Å². The van der Waals surface area contributed by atoms with E-state index in [9.17, 15) is 9.59 Å². The molecule has 1 N–H and O–H groups in total. The Balaban J connectivity index is 2.05. The van der Waals surface area contributed by atoms with Crippen LogP contribution in [0.5, 0.6) is 0 Å². The first kappa shape index (κ1) is 15.3. The summed E-state index contributed by atoms with van der Waals surface area (Å²) in [5, 5.41) is 3.18. The number of hydrogen-bond acceptors (Lipinski definition) is 4. The van der Waals surface area contributed by atoms with Gasteiger partial charge in [-0.15, -0.1) is 0 Å². The molecule has 6 nitrogen and oxygen atoms in total. The first-order valence-electron chi connectivity index (χ1n) is 7.19. The third kappa shape index (κ3) is 3.49. The zero-order chi connectivity index (χ0) is 15.0. The monoisotopic (exact) mass is 283 g/mol. The minimum Gasteiger partial charge on any atom is -0.366 e. The van der Waals surface area contributed by atoms with Crippen molar-refractivity contribution in [2.75, 3.05) is 39.3 Å². The molecule has 2 rings (SSSR count). The summed E-state index contributed by atoms with van der Waals surface area (Å²) in [5.74, 6) is -0.795. The Hall–Kier alpha value is -1.14. The van der Waals surface area contributed by atoms with Gasteiger partial charge < -0.3 is 19.9 Å². The Morgan fingerprint density at radius 3 is 1.85 bits per heavy atom. The lowest BCUT2D eigenvalue weighted by atomic mass is 9.99. The average Bonchev–Trinajstić information content (AvgIpc) is 2.34. The predicted octanol–water partition coefficient (Wildman–Crippen LogP) is -0.166. The van der Waals surface area contributed by atoms with Crippen LogP contribution in [-0.4, -0.2) is 72.1 Å². The van der Waals surface area contributed by atoms with E-state index in [0.717, 1.165) is 13.1 Å². The lowest BCUT2D eigenvalue weighted by Gasteiger charge is -2.47. The van der Waals surface area contributed by atoms with E-state index >= 15 is 0 Å². The van der Waals surface area contributed by atoms with Crippen LogP contribution in [0.3, 0.4) is 0 Å². The number of ether oxygens (including phenoxy) is 1. The van der Waals surface area contributed by atoms with Gasteiger partial charge in [-0.2, -0.15) is 0 Å². The SMILES string of the molecule is CC1(C)CN(C(=O)C(=O)N2CCNCC2)CC(C)(C)O1. The molecule has 0 radical (unpaired) electrons. The Bertz CT molecular complexity index is 384. The summed E-state index contributed by atoms with van der Waals surface area (Å²) in [6.45, 7) is 11.4. The van der Waals surface area contributed by atoms with Crippen LogP contribution in [0, 0.1) is 0 Å². The number of amides is 2. The van der Waals surface area contributed by atoms with Crippen molar-refractivity contribution >= 4 is 11.8 Å². The van der Waals surface area contributed by atoms with Crippen LogP contribution in [-0.2, 0) is 14.3 Å². The van der Waals surface area contributed by atoms with Gasteiger partial charge >= 0.3 is 11.8 Å². The van der Waals surface area contributed by atoms with Gasteiger partial charge in [0.1, 0.15) is 0 Å². The predicted molar refractivity (Wildman–Crippen MR) is 75.3 cm³/mol. The zero-order valence-corrected chi connectivity index (χ0v) is 12.9. The summed E-state index contributed by atoms with van der Waals surface area (Å²) in [4.78, 5) is 28.0. The van der Waals surface area contributed by atoms with E-state index in [0.29, 0.717) is 26.2 Å². The van der Waals surface area contributed by atoms with Crippen molar-refractivity contribution in [3.05, 3.63) is 0 Å². The topological polar surface area (TPSA) is 61.9 Å². The molecular formula is C14H25N3O3. The maximum Gasteiger partial charge on any atom is 0.312 e. The zero-order valence-electron chi connectivity index (χ0n) is 12.9. The second-order valence-electron chi connectivity index (χ2n) is 6.82. The van der Waals surface area contributed by atoms with Crippen molar-refractivity contribution in [1.82, 2.24) is 15.1 Å². The number of rotatable bonds is 0. The first-order chi connectivity index (χ1) is 9.20. The Kier molecular flexibility index (Phi) is 4.07. The van der Waals surface area contributed by atoms with Gasteiger partial charge in [0.25, 0.3) is 0 Å². The summed E-state index contributed by atoms with van der Waals surface area (Å²) in [5.41, 5.74) is -0.859. The maximum atomic E-state index is 12.4. The fraction of sp³-hybridized carbons (Fsp3) is 0.857. The molecule has 0 bridgehead atoms. The van der Waals surface area contributed by atoms with Crippen molar-refractivity contribution in [3.8, 4) is 0 Å². The number of carbonyl (C=O) groups is 2. The molecule has 20 heavy (non-hydrogen) atoms. The van der Waals surface area contributed by atoms with Crippen LogP contribution < -0.4 is 5.32 Å². The van der Waals surface area contributed by atoms with Crippen LogP contribution in [0.4, 0.5) is 0 Å². The lowest BCUT2D eigenvalue weighted by molar-refractivity contribution is -0.190. The molecule has 0 atom stereocenters. The van der Waals surface area contributed by atoms with Crippen LogP contribution in [0.15, 0.2) is 0 Å². The van der Waals surface area contributed by atoms with Gasteiger partial charge in [0, 0.05) is 39.3 Å². The van der Waals surface area contributed by atoms with Crippen LogP contribution in [0.1, 0.15) is 27.7 Å². The molecule has 2 aliphatic heterocycles. The third-order valence-electron chi connectivity index (χ3n) is 3.57. The van der Waals surface area contributed by atoms with Gasteiger partial charge in [0.2, 0.25) is 0 Å². The molecule has 6 heteroatoms. The highest BCUT2D eigenvalue weighted by Crippen LogP contribution is 2.28. The van der Waals surface area contributed by atoms with Crippen molar-refractivity contribution in [2.45, 2.75) is 38.9 Å². The number of hydrogen-bond donors (Lipinski definition) is 1. The highest BCUT2D eigenvalue weighted by atomic mass is 16.5. The van der Waals surface area contributed by atoms with E-state index in [1.807, 2.05) is 27.7 Å². The first-order valence-corrected chi connectivity index (χ1v) is 7.19. The average molecular weight is 283 g/mol. The summed E-state index contributed by atoms with van der Waals surface area (Å²) < 4.78 is 5.94. The summed E-state index contributed by atoms with van der Waals surface area (Å²) >= 11 is 0. The highest BCUT2D eigenvalue weighted by molar-refractivity contribution is 6.35. The quantitative estimate of drug-likeness (QED) is 0.627. The molecule has 2 fully saturated rings. The lowest BCUT2D eigenvalue weighted by Crippen LogP contribution is -2.61. The van der Waals surface area contributed by atoms with Crippen LogP contribution in [0.25, 0.3) is 0 Å². The third-order valence-corrected chi connectivity index (χ3v) is 3.57. The molecular weight excluding hydrogens is 258 g/mol. The molecule has 0 spiro atoms. The number of nitrogens with zero attached hydrogens (tertiary/aromatic N) is 2. The minimum atomic E-state index is -0.429. The standard InChI is InChI=1S/C14H25N3O3/c1-13(2)9-17(10-14(3,4)20-13)12(19)11(18)16-7-5-15-6-8-16/h15H,5-10H2,1-4H3. The number of nitrogens with one attached hydrogen (secondary N) is 1. The molecule has 0 saturated carbocycles. The number of piperazine rings is 1. The smallest absolute Gasteiger partial charge is 0.312 e. The maximum absolute atomic E-state index is 12.4. The van der Waals surface area contributed by atoms with E-state index in [2.05, 4.69) is 5.32 Å². The second-order valence-corrected chi connectivity index (χ2v) is 6.82. The molecule has 114 valence electrons. The molecule has 2 heterocycles. The van der Waals surface area contributed by atoms with Crippen molar-refractivity contribution in [2.24, 2.45) is 0 Å². The fourth-order valence-corrected chi connectivity index (χ4v) is 3.07. The van der Waals surface area contributed by atoms with E-state index in [-0.39, 0.29) is 5.91 Å². The second kappa shape index (κ2) is 5.33. The normalized spacial score (nSPS) is 25.4. The Morgan fingerprint density at radius 1 is 0.900 bits per heavy atom. The Morgan fingerprint density at radius 2 is 1.35 bits per heavy atom. The molecule has 2 amide bonds. The van der Waals surface area contributed by atoms with Gasteiger partial charge in [0.05, 0.1) is 11.2 Å². The fourth-order valence-electron chi connectivity index (χ4n) is 3.07. The van der Waals surface area contributed by atoms with Gasteiger partial charge in [-0.1, -0.05) is 0 Å². The van der Waals surface area contributed by atoms with Gasteiger partial charge in [-0.25, -0.2) is 0 Å². The summed E-state index contributed by atoms with van der Waals surface area (Å²) in [6.07, 6.45) is 0. The Labute approximate surface area is 120 Å². The molecule has 0 aliphatic carbocycles. The van der Waals surface area contributed by atoms with Gasteiger partial charge in [-0.05, 0) is 27.7 Å². The number of carbonyl (C=O) groups excluding carboxylic acids is 2. The number of morpholine rings is 1. The van der Waals surface area contributed by atoms with E-state index < -0.39 is 17.1 Å². The largest absolute Gasteiger partial charge is 0.366 e. The van der Waals surface area contributed by atoms with Crippen molar-refractivity contribution in [1.29, 1.82) is 0 Å². The molecule has 0 aromatic heterocycles. The molecule has 0 aromatic carbocycles. The van der Waals surface area contributed by atoms with Crippen molar-refractivity contribution in [3.63, 3.8) is 0 Å². The summed E-state index contributed by atoms with van der Waals surface area (Å²) in [7, 11) is 0. The van der Waals surface area contributed by atoms with Gasteiger partial charge in [-0.3, -0.25) is 9.59 Å². The van der Waals surface area contributed by atoms with Crippen LogP contribution >= 0.6 is 0 Å². The molecule has 2 saturated heterocycles. The van der Waals surface area contributed by atoms with Crippen molar-refractivity contribution < 1.29 is 14.3 Å². The summed E-state index contributed by atoms with van der Waals surface area (Å²) in [6, 6.07) is 0. The molecule has 0 unspecified atom stereocenters. The van der Waals surface area contributed by atoms with E-state index in [4.69, 9.17) is 4.74 Å². The van der Waals surface area contributed by atoms with E-state index in [1.54, 1.807) is 9.80 Å².